The first-order valence-corrected chi connectivity index (χ1v) is 15.4. The zero-order chi connectivity index (χ0) is 28.8. The molecular weight excluding hydrogens is 530 g/mol. The second-order valence-electron chi connectivity index (χ2n) is 11.4. The predicted octanol–water partition coefficient (Wildman–Crippen LogP) is 6.60. The van der Waals surface area contributed by atoms with Gasteiger partial charge in [0.2, 0.25) is 9.84 Å². The van der Waals surface area contributed by atoms with Crippen LogP contribution in [0.3, 0.4) is 0 Å². The third kappa shape index (κ3) is 3.32. The molecule has 0 fully saturated rings. The van der Waals surface area contributed by atoms with Gasteiger partial charge in [0.15, 0.2) is 5.60 Å². The predicted molar refractivity (Wildman–Crippen MR) is 165 cm³/mol. The molecule has 0 unspecified atom stereocenters. The van der Waals surface area contributed by atoms with E-state index in [-0.39, 0.29) is 9.79 Å². The first-order chi connectivity index (χ1) is 19.6. The summed E-state index contributed by atoms with van der Waals surface area (Å²) in [5, 5.41) is 1.06. The van der Waals surface area contributed by atoms with Gasteiger partial charge in [-0.15, -0.1) is 0 Å². The van der Waals surface area contributed by atoms with E-state index >= 15 is 0 Å². The molecule has 2 aliphatic rings. The molecule has 5 aromatic rings. The molecule has 7 heteroatoms. The lowest BCUT2D eigenvalue weighted by atomic mass is 9.75. The molecule has 41 heavy (non-hydrogen) atoms. The molecule has 4 aromatic carbocycles. The molecule has 0 radical (unpaired) electrons. The van der Waals surface area contributed by atoms with Crippen molar-refractivity contribution in [3.8, 4) is 17.0 Å². The van der Waals surface area contributed by atoms with Gasteiger partial charge in [0.25, 0.3) is 0 Å². The van der Waals surface area contributed by atoms with Crippen LogP contribution in [0.5, 0.6) is 5.75 Å². The Labute approximate surface area is 241 Å². The van der Waals surface area contributed by atoms with E-state index in [0.29, 0.717) is 11.1 Å². The standard InChI is InChI=1S/C34H33N3O3S/c1-7-37-28-11-9-8-10-24(28)32-33(37)25-18-21(2)12-17-29(25)40-34(32)26-15-13-22(35(3)4)19-30(26)41(38,39)31-20-23(36(5)6)14-16-27(31)34/h8-20H,7H2,1-6H3. The van der Waals surface area contributed by atoms with Crippen LogP contribution in [0.2, 0.25) is 0 Å². The van der Waals surface area contributed by atoms with Crippen molar-refractivity contribution in [2.24, 2.45) is 0 Å². The third-order valence-electron chi connectivity index (χ3n) is 8.59. The van der Waals surface area contributed by atoms with Gasteiger partial charge in [-0.2, -0.15) is 0 Å². The van der Waals surface area contributed by atoms with Crippen molar-refractivity contribution in [2.45, 2.75) is 35.8 Å². The van der Waals surface area contributed by atoms with Crippen LogP contribution in [-0.4, -0.2) is 41.2 Å². The number of benzene rings is 4. The lowest BCUT2D eigenvalue weighted by Crippen LogP contribution is -2.43. The highest BCUT2D eigenvalue weighted by molar-refractivity contribution is 7.91. The molecule has 1 spiro atoms. The molecule has 0 aliphatic carbocycles. The molecule has 0 amide bonds. The first-order valence-electron chi connectivity index (χ1n) is 13.9. The molecule has 0 atom stereocenters. The minimum atomic E-state index is -3.87. The Morgan fingerprint density at radius 3 is 2.00 bits per heavy atom. The average molecular weight is 564 g/mol. The van der Waals surface area contributed by atoms with Gasteiger partial charge in [-0.05, 0) is 56.3 Å². The molecule has 0 N–H and O–H groups in total. The Bertz CT molecular complexity index is 1940. The van der Waals surface area contributed by atoms with E-state index < -0.39 is 15.4 Å². The van der Waals surface area contributed by atoms with Gasteiger partial charge in [-0.25, -0.2) is 8.42 Å². The fourth-order valence-corrected chi connectivity index (χ4v) is 8.44. The van der Waals surface area contributed by atoms with Crippen molar-refractivity contribution in [1.29, 1.82) is 0 Å². The van der Waals surface area contributed by atoms with Gasteiger partial charge in [-0.1, -0.05) is 42.0 Å². The van der Waals surface area contributed by atoms with Crippen LogP contribution < -0.4 is 14.5 Å². The Morgan fingerprint density at radius 1 is 0.805 bits per heavy atom. The summed E-state index contributed by atoms with van der Waals surface area (Å²) in [7, 11) is 3.83. The number of aromatic nitrogens is 1. The van der Waals surface area contributed by atoms with Crippen LogP contribution >= 0.6 is 0 Å². The van der Waals surface area contributed by atoms with Crippen LogP contribution in [0.4, 0.5) is 11.4 Å². The van der Waals surface area contributed by atoms with E-state index in [4.69, 9.17) is 4.74 Å². The van der Waals surface area contributed by atoms with Crippen molar-refractivity contribution in [3.05, 3.63) is 101 Å². The number of fused-ring (bicyclic) bond motifs is 10. The largest absolute Gasteiger partial charge is 0.472 e. The maximum Gasteiger partial charge on any atom is 0.207 e. The first kappa shape index (κ1) is 25.7. The van der Waals surface area contributed by atoms with E-state index in [0.717, 1.165) is 57.0 Å². The molecule has 7 rings (SSSR count). The number of anilines is 2. The minimum Gasteiger partial charge on any atom is -0.472 e. The lowest BCUT2D eigenvalue weighted by Gasteiger charge is -2.44. The highest BCUT2D eigenvalue weighted by atomic mass is 32.2. The SMILES string of the molecule is CCn1c2c(c3ccccc31)C1(Oc3ccc(C)cc3-2)c2ccc(N(C)C)cc2S(=O)(=O)c2cc(N(C)C)ccc21. The van der Waals surface area contributed by atoms with Crippen LogP contribution in [0.1, 0.15) is 29.2 Å². The summed E-state index contributed by atoms with van der Waals surface area (Å²) in [4.78, 5) is 4.43. The molecule has 1 aromatic heterocycles. The normalized spacial score (nSPS) is 15.5. The molecular formula is C34H33N3O3S. The summed E-state index contributed by atoms with van der Waals surface area (Å²) in [5.41, 5.74) is 7.06. The van der Waals surface area contributed by atoms with Gasteiger partial charge in [-0.3, -0.25) is 0 Å². The zero-order valence-corrected chi connectivity index (χ0v) is 25.0. The van der Waals surface area contributed by atoms with Crippen LogP contribution in [0, 0.1) is 6.92 Å². The monoisotopic (exact) mass is 563 g/mol. The van der Waals surface area contributed by atoms with Crippen LogP contribution in [-0.2, 0) is 22.0 Å². The van der Waals surface area contributed by atoms with E-state index in [2.05, 4.69) is 48.7 Å². The smallest absolute Gasteiger partial charge is 0.207 e. The number of rotatable bonds is 3. The van der Waals surface area contributed by atoms with Crippen molar-refractivity contribution in [3.63, 3.8) is 0 Å². The van der Waals surface area contributed by atoms with Crippen molar-refractivity contribution >= 4 is 32.1 Å². The van der Waals surface area contributed by atoms with Gasteiger partial charge >= 0.3 is 0 Å². The topological polar surface area (TPSA) is 54.8 Å². The number of ether oxygens (including phenoxy) is 1. The zero-order valence-electron chi connectivity index (χ0n) is 24.2. The summed E-state index contributed by atoms with van der Waals surface area (Å²) in [5.74, 6) is 0.741. The summed E-state index contributed by atoms with van der Waals surface area (Å²) in [6.07, 6.45) is 0. The maximum absolute atomic E-state index is 14.5. The summed E-state index contributed by atoms with van der Waals surface area (Å²) < 4.78 is 38.6. The number of sulfone groups is 1. The Kier molecular flexibility index (Phi) is 5.42. The van der Waals surface area contributed by atoms with E-state index in [9.17, 15) is 8.42 Å². The molecule has 2 aliphatic heterocycles. The fraction of sp³-hybridized carbons (Fsp3) is 0.235. The summed E-state index contributed by atoms with van der Waals surface area (Å²) in [6.45, 7) is 5.01. The Hall–Kier alpha value is -4.23. The number of aryl methyl sites for hydroxylation is 2. The Balaban J connectivity index is 1.72. The number of hydrogen-bond donors (Lipinski definition) is 0. The average Bonchev–Trinajstić information content (AvgIpc) is 3.31. The van der Waals surface area contributed by atoms with Gasteiger partial charge in [0.1, 0.15) is 5.75 Å². The lowest BCUT2D eigenvalue weighted by molar-refractivity contribution is 0.145. The van der Waals surface area contributed by atoms with Crippen LogP contribution in [0.15, 0.2) is 88.7 Å². The Morgan fingerprint density at radius 2 is 1.41 bits per heavy atom. The highest BCUT2D eigenvalue weighted by Crippen LogP contribution is 2.59. The molecule has 3 heterocycles. The van der Waals surface area contributed by atoms with Gasteiger partial charge < -0.3 is 19.1 Å². The molecule has 0 bridgehead atoms. The highest BCUT2D eigenvalue weighted by Gasteiger charge is 2.55. The van der Waals surface area contributed by atoms with Crippen molar-refractivity contribution in [1.82, 2.24) is 4.57 Å². The van der Waals surface area contributed by atoms with Crippen molar-refractivity contribution in [2.75, 3.05) is 38.0 Å². The third-order valence-corrected chi connectivity index (χ3v) is 10.4. The van der Waals surface area contributed by atoms with Gasteiger partial charge in [0, 0.05) is 79.3 Å². The number of nitrogens with zero attached hydrogens (tertiary/aromatic N) is 3. The quantitative estimate of drug-likeness (QED) is 0.248. The summed E-state index contributed by atoms with van der Waals surface area (Å²) in [6, 6.07) is 26.1. The number of para-hydroxylation sites is 1. The fourth-order valence-electron chi connectivity index (χ4n) is 6.65. The molecule has 0 saturated heterocycles. The molecule has 6 nitrogen and oxygen atoms in total. The minimum absolute atomic E-state index is 0.280. The van der Waals surface area contributed by atoms with E-state index in [1.165, 1.54) is 0 Å². The second-order valence-corrected chi connectivity index (χ2v) is 13.3. The number of hydrogen-bond acceptors (Lipinski definition) is 5. The maximum atomic E-state index is 14.5. The van der Waals surface area contributed by atoms with Crippen molar-refractivity contribution < 1.29 is 13.2 Å². The van der Waals surface area contributed by atoms with E-state index in [1.54, 1.807) is 12.1 Å². The van der Waals surface area contributed by atoms with E-state index in [1.807, 2.05) is 74.4 Å². The van der Waals surface area contributed by atoms with Crippen LogP contribution in [0.25, 0.3) is 22.2 Å². The molecule has 0 saturated carbocycles. The molecule has 208 valence electrons. The second kappa shape index (κ2) is 8.63. The summed E-state index contributed by atoms with van der Waals surface area (Å²) >= 11 is 0. The van der Waals surface area contributed by atoms with Gasteiger partial charge in [0.05, 0.1) is 15.5 Å².